The molecule has 3 aromatic heterocycles. The van der Waals surface area contributed by atoms with Gasteiger partial charge >= 0.3 is 5.97 Å². The smallest absolute Gasteiger partial charge is 0.324 e. The van der Waals surface area contributed by atoms with E-state index in [0.717, 1.165) is 52.2 Å². The van der Waals surface area contributed by atoms with Crippen molar-refractivity contribution in [3.05, 3.63) is 51.9 Å². The first kappa shape index (κ1) is 36.4. The molecular weight excluding hydrogens is 686 g/mol. The summed E-state index contributed by atoms with van der Waals surface area (Å²) in [6, 6.07) is 4.11. The van der Waals surface area contributed by atoms with Crippen molar-refractivity contribution in [1.82, 2.24) is 25.0 Å². The molecule has 0 radical (unpaired) electrons. The number of amides is 1. The first-order chi connectivity index (χ1) is 25.0. The van der Waals surface area contributed by atoms with E-state index in [0.29, 0.717) is 61.8 Å². The number of carbonyl (C=O) groups is 2. The number of aromatic nitrogens is 3. The van der Waals surface area contributed by atoms with E-state index in [4.69, 9.17) is 29.9 Å². The summed E-state index contributed by atoms with van der Waals surface area (Å²) in [5.41, 5.74) is 15.1. The molecule has 3 aliphatic heterocycles. The van der Waals surface area contributed by atoms with Crippen molar-refractivity contribution < 1.29 is 28.2 Å². The van der Waals surface area contributed by atoms with Crippen LogP contribution in [0.1, 0.15) is 62.9 Å². The van der Waals surface area contributed by atoms with Crippen LogP contribution in [0.4, 0.5) is 10.1 Å². The van der Waals surface area contributed by atoms with Crippen molar-refractivity contribution in [2.75, 3.05) is 51.5 Å². The summed E-state index contributed by atoms with van der Waals surface area (Å²) >= 11 is 1.35. The van der Waals surface area contributed by atoms with Gasteiger partial charge in [0, 0.05) is 67.0 Å². The van der Waals surface area contributed by atoms with Gasteiger partial charge in [0.1, 0.15) is 11.9 Å². The second-order valence-corrected chi connectivity index (χ2v) is 15.7. The minimum atomic E-state index is -0.885. The van der Waals surface area contributed by atoms with Gasteiger partial charge in [-0.15, -0.1) is 11.3 Å². The molecule has 0 aliphatic carbocycles. The molecular formula is C38H48FN7O5S. The predicted molar refractivity (Wildman–Crippen MR) is 198 cm³/mol. The maximum atomic E-state index is 16.3. The maximum Gasteiger partial charge on any atom is 0.324 e. The number of hydrogen-bond acceptors (Lipinski definition) is 11. The molecule has 4 aromatic rings. The first-order valence-corrected chi connectivity index (χ1v) is 19.0. The number of halogens is 1. The summed E-state index contributed by atoms with van der Waals surface area (Å²) in [5.74, 6) is -1.13. The molecule has 3 aliphatic rings. The lowest BCUT2D eigenvalue weighted by atomic mass is 9.84. The molecule has 0 saturated carbocycles. The summed E-state index contributed by atoms with van der Waals surface area (Å²) < 4.78 is 36.0. The van der Waals surface area contributed by atoms with Crippen LogP contribution in [-0.2, 0) is 43.2 Å². The molecule has 3 N–H and O–H groups in total. The minimum absolute atomic E-state index is 0.132. The Labute approximate surface area is 307 Å². The number of benzene rings is 1. The van der Waals surface area contributed by atoms with Crippen molar-refractivity contribution in [3.8, 4) is 22.5 Å². The van der Waals surface area contributed by atoms with Crippen LogP contribution in [0.15, 0.2) is 29.8 Å². The number of cyclic esters (lactones) is 1. The highest BCUT2D eigenvalue weighted by Gasteiger charge is 2.35. The Kier molecular flexibility index (Phi) is 10.4. The molecule has 12 nitrogen and oxygen atoms in total. The van der Waals surface area contributed by atoms with Gasteiger partial charge < -0.3 is 29.4 Å². The lowest BCUT2D eigenvalue weighted by Crippen LogP contribution is -2.59. The Morgan fingerprint density at radius 3 is 2.71 bits per heavy atom. The number of rotatable bonds is 5. The topological polar surface area (TPSA) is 137 Å². The lowest BCUT2D eigenvalue weighted by Gasteiger charge is -2.34. The quantitative estimate of drug-likeness (QED) is 0.269. The molecule has 7 rings (SSSR count). The van der Waals surface area contributed by atoms with Crippen LogP contribution in [0.2, 0.25) is 0 Å². The number of pyridine rings is 1. The van der Waals surface area contributed by atoms with Crippen LogP contribution in [-0.4, -0.2) is 90.1 Å². The van der Waals surface area contributed by atoms with E-state index in [1.54, 1.807) is 13.2 Å². The third kappa shape index (κ3) is 7.06. The van der Waals surface area contributed by atoms with Gasteiger partial charge in [-0.3, -0.25) is 19.6 Å². The molecule has 278 valence electrons. The Morgan fingerprint density at radius 1 is 1.17 bits per heavy atom. The molecule has 2 saturated heterocycles. The molecule has 6 bridgehead atoms. The number of fused-ring (bicyclic) bond motifs is 6. The number of carbonyl (C=O) groups excluding carboxylic acids is 2. The average molecular weight is 734 g/mol. The van der Waals surface area contributed by atoms with E-state index < -0.39 is 29.3 Å². The van der Waals surface area contributed by atoms with Crippen LogP contribution >= 0.6 is 11.3 Å². The normalized spacial score (nSPS) is 22.0. The van der Waals surface area contributed by atoms with E-state index in [-0.39, 0.29) is 25.0 Å². The highest BCUT2D eigenvalue weighted by Crippen LogP contribution is 2.43. The van der Waals surface area contributed by atoms with Crippen molar-refractivity contribution >= 4 is 39.8 Å². The molecule has 2 fully saturated rings. The highest BCUT2D eigenvalue weighted by atomic mass is 32.1. The monoisotopic (exact) mass is 733 g/mol. The zero-order valence-electron chi connectivity index (χ0n) is 30.5. The van der Waals surface area contributed by atoms with Crippen molar-refractivity contribution in [2.24, 2.45) is 11.1 Å². The Morgan fingerprint density at radius 2 is 1.96 bits per heavy atom. The third-order valence-electron chi connectivity index (χ3n) is 10.4. The fourth-order valence-corrected chi connectivity index (χ4v) is 8.40. The van der Waals surface area contributed by atoms with E-state index in [9.17, 15) is 9.59 Å². The molecule has 0 unspecified atom stereocenters. The Hall–Kier alpha value is -3.95. The molecule has 14 heteroatoms. The fraction of sp³-hybridized carbons (Fsp3) is 0.526. The van der Waals surface area contributed by atoms with Crippen LogP contribution in [0.25, 0.3) is 33.4 Å². The summed E-state index contributed by atoms with van der Waals surface area (Å²) in [7, 11) is 1.67. The van der Waals surface area contributed by atoms with Crippen molar-refractivity contribution in [3.63, 3.8) is 0 Å². The van der Waals surface area contributed by atoms with Crippen LogP contribution in [0.3, 0.4) is 0 Å². The summed E-state index contributed by atoms with van der Waals surface area (Å²) in [6.07, 6.45) is 3.45. The number of ether oxygens (including phenoxy) is 3. The summed E-state index contributed by atoms with van der Waals surface area (Å²) in [6.45, 7) is 12.1. The molecule has 52 heavy (non-hydrogen) atoms. The van der Waals surface area contributed by atoms with Gasteiger partial charge in [0.05, 0.1) is 71.5 Å². The second kappa shape index (κ2) is 14.8. The SMILES string of the molecule is CCn1c(-c2cc(N3CCOCC3)cnc2[C@H](C)OC)c2c3cc(c(F)cc31)-c1csc(n1)C[C@H](N)C(=O)N1CCC[C@H](N1)C(=O)OCC(C)(C)C2. The number of hydrazine groups is 1. The van der Waals surface area contributed by atoms with Crippen molar-refractivity contribution in [1.29, 1.82) is 0 Å². The van der Waals surface area contributed by atoms with Gasteiger partial charge in [-0.1, -0.05) is 13.8 Å². The highest BCUT2D eigenvalue weighted by molar-refractivity contribution is 7.10. The number of methoxy groups -OCH3 is 1. The van der Waals surface area contributed by atoms with E-state index in [1.807, 2.05) is 24.6 Å². The van der Waals surface area contributed by atoms with Gasteiger partial charge in [0.25, 0.3) is 5.91 Å². The van der Waals surface area contributed by atoms with Gasteiger partial charge in [0.2, 0.25) is 0 Å². The molecule has 3 atom stereocenters. The number of anilines is 1. The van der Waals surface area contributed by atoms with Gasteiger partial charge in [-0.2, -0.15) is 0 Å². The van der Waals surface area contributed by atoms with E-state index >= 15 is 4.39 Å². The van der Waals surface area contributed by atoms with Crippen LogP contribution in [0.5, 0.6) is 0 Å². The number of morpholine rings is 1. The largest absolute Gasteiger partial charge is 0.464 e. The van der Waals surface area contributed by atoms with Gasteiger partial charge in [-0.05, 0) is 56.9 Å². The van der Waals surface area contributed by atoms with Crippen molar-refractivity contribution in [2.45, 2.75) is 78.1 Å². The zero-order valence-corrected chi connectivity index (χ0v) is 31.4. The predicted octanol–water partition coefficient (Wildman–Crippen LogP) is 5.02. The van der Waals surface area contributed by atoms with Crippen LogP contribution in [0, 0.1) is 11.2 Å². The molecule has 1 amide bonds. The average Bonchev–Trinajstić information content (AvgIpc) is 3.73. The number of nitrogens with two attached hydrogens (primary N) is 1. The molecule has 6 heterocycles. The standard InChI is InChI=1S/C38H48FN7O5S/c1-6-45-32-16-28(39)25-15-24(32)27(35(45)26-14-23(44-10-12-50-13-11-44)19-41-34(26)22(2)49-5)18-38(3,4)21-51-37(48)30-8-7-9-46(43-30)36(47)29(40)17-33-42-31(25)20-52-33/h14-16,19-20,22,29-30,43H,6-13,17-18,21,40H2,1-5H3/t22-,29-,30-/m0/s1. The molecule has 1 aromatic carbocycles. The summed E-state index contributed by atoms with van der Waals surface area (Å²) in [5, 5.41) is 4.76. The van der Waals surface area contributed by atoms with E-state index in [2.05, 4.69) is 41.7 Å². The Balaban J connectivity index is 1.43. The number of esters is 1. The number of hydrogen-bond donors (Lipinski definition) is 2. The lowest BCUT2D eigenvalue weighted by molar-refractivity contribution is -0.154. The maximum absolute atomic E-state index is 16.3. The van der Waals surface area contributed by atoms with Gasteiger partial charge in [0.15, 0.2) is 0 Å². The molecule has 0 spiro atoms. The van der Waals surface area contributed by atoms with Crippen LogP contribution < -0.4 is 16.1 Å². The number of nitrogens with zero attached hydrogens (tertiary/aromatic N) is 5. The summed E-state index contributed by atoms with van der Waals surface area (Å²) in [4.78, 5) is 38.9. The Bertz CT molecular complexity index is 1970. The van der Waals surface area contributed by atoms with E-state index in [1.165, 1.54) is 16.3 Å². The third-order valence-corrected chi connectivity index (χ3v) is 11.3. The zero-order chi connectivity index (χ0) is 36.7. The number of nitrogens with one attached hydrogen (secondary N) is 1. The number of aryl methyl sites for hydroxylation is 1. The number of thiazole rings is 1. The van der Waals surface area contributed by atoms with Gasteiger partial charge in [-0.25, -0.2) is 14.8 Å². The fourth-order valence-electron chi connectivity index (χ4n) is 7.55. The first-order valence-electron chi connectivity index (χ1n) is 18.1. The second-order valence-electron chi connectivity index (χ2n) is 14.7. The minimum Gasteiger partial charge on any atom is -0.464 e.